The first kappa shape index (κ1) is 15.0. The van der Waals surface area contributed by atoms with Crippen LogP contribution in [0.1, 0.15) is 38.2 Å². The quantitative estimate of drug-likeness (QED) is 0.888. The number of hydrogen-bond acceptors (Lipinski definition) is 3. The minimum Gasteiger partial charge on any atom is -0.392 e. The van der Waals surface area contributed by atoms with Gasteiger partial charge in [0.2, 0.25) is 5.91 Å². The van der Waals surface area contributed by atoms with Crippen molar-refractivity contribution in [1.82, 2.24) is 4.90 Å². The molecule has 1 heterocycles. The van der Waals surface area contributed by atoms with Crippen molar-refractivity contribution in [2.75, 3.05) is 18.4 Å². The fourth-order valence-corrected chi connectivity index (χ4v) is 2.64. The number of carbonyl (C=O) groups excluding carboxylic acids is 1. The van der Waals surface area contributed by atoms with Gasteiger partial charge in [-0.2, -0.15) is 0 Å². The Balaban J connectivity index is 1.95. The number of hydrogen-bond donors (Lipinski definition) is 2. The summed E-state index contributed by atoms with van der Waals surface area (Å²) in [6.07, 6.45) is 4.89. The van der Waals surface area contributed by atoms with E-state index in [9.17, 15) is 4.79 Å². The molecule has 1 aliphatic rings. The standard InChI is InChI=1S/C16H24N2O2/c1-13(18-9-4-2-3-5-10-18)16(20)17-15-8-6-7-14(11-15)12-19/h6-8,11,13,19H,2-5,9-10,12H2,1H3,(H,17,20)/t13-/m0/s1. The Hall–Kier alpha value is -1.39. The summed E-state index contributed by atoms with van der Waals surface area (Å²) < 4.78 is 0. The topological polar surface area (TPSA) is 52.6 Å². The number of carbonyl (C=O) groups is 1. The Bertz CT molecular complexity index is 440. The molecule has 20 heavy (non-hydrogen) atoms. The Morgan fingerprint density at radius 2 is 2.00 bits per heavy atom. The van der Waals surface area contributed by atoms with Gasteiger partial charge in [-0.1, -0.05) is 25.0 Å². The van der Waals surface area contributed by atoms with Crippen LogP contribution in [-0.4, -0.2) is 35.0 Å². The van der Waals surface area contributed by atoms with Crippen molar-refractivity contribution >= 4 is 11.6 Å². The Kier molecular flexibility index (Phi) is 5.56. The number of likely N-dealkylation sites (tertiary alicyclic amines) is 1. The normalized spacial score (nSPS) is 18.3. The molecule has 0 radical (unpaired) electrons. The molecule has 2 rings (SSSR count). The molecule has 1 aliphatic heterocycles. The number of amides is 1. The van der Waals surface area contributed by atoms with E-state index in [1.807, 2.05) is 31.2 Å². The van der Waals surface area contributed by atoms with Crippen LogP contribution in [0.25, 0.3) is 0 Å². The molecule has 0 unspecified atom stereocenters. The summed E-state index contributed by atoms with van der Waals surface area (Å²) in [4.78, 5) is 14.6. The second kappa shape index (κ2) is 7.41. The zero-order valence-electron chi connectivity index (χ0n) is 12.1. The van der Waals surface area contributed by atoms with Gasteiger partial charge in [-0.15, -0.1) is 0 Å². The van der Waals surface area contributed by atoms with Gasteiger partial charge in [-0.25, -0.2) is 0 Å². The number of rotatable bonds is 4. The van der Waals surface area contributed by atoms with E-state index >= 15 is 0 Å². The molecule has 0 aliphatic carbocycles. The van der Waals surface area contributed by atoms with Crippen molar-refractivity contribution in [3.8, 4) is 0 Å². The molecule has 0 aromatic heterocycles. The summed E-state index contributed by atoms with van der Waals surface area (Å²) in [5.41, 5.74) is 1.56. The third-order valence-electron chi connectivity index (χ3n) is 3.94. The predicted octanol–water partition coefficient (Wildman–Crippen LogP) is 2.38. The minimum absolute atomic E-state index is 0.00854. The molecule has 1 fully saturated rings. The Morgan fingerprint density at radius 3 is 2.65 bits per heavy atom. The van der Waals surface area contributed by atoms with Gasteiger partial charge in [-0.05, 0) is 50.6 Å². The smallest absolute Gasteiger partial charge is 0.241 e. The molecule has 4 heteroatoms. The molecule has 110 valence electrons. The molecule has 1 saturated heterocycles. The van der Waals surface area contributed by atoms with Gasteiger partial charge in [0.1, 0.15) is 0 Å². The van der Waals surface area contributed by atoms with Crippen molar-refractivity contribution in [1.29, 1.82) is 0 Å². The van der Waals surface area contributed by atoms with E-state index in [0.29, 0.717) is 0 Å². The number of aliphatic hydroxyl groups is 1. The first-order chi connectivity index (χ1) is 9.70. The Labute approximate surface area is 120 Å². The van der Waals surface area contributed by atoms with Crippen molar-refractivity contribution < 1.29 is 9.90 Å². The first-order valence-corrected chi connectivity index (χ1v) is 7.45. The van der Waals surface area contributed by atoms with Crippen molar-refractivity contribution in [3.05, 3.63) is 29.8 Å². The summed E-state index contributed by atoms with van der Waals surface area (Å²) >= 11 is 0. The lowest BCUT2D eigenvalue weighted by Gasteiger charge is -2.26. The number of nitrogens with one attached hydrogen (secondary N) is 1. The lowest BCUT2D eigenvalue weighted by molar-refractivity contribution is -0.120. The molecule has 1 aromatic rings. The van der Waals surface area contributed by atoms with E-state index in [1.54, 1.807) is 0 Å². The second-order valence-electron chi connectivity index (χ2n) is 5.47. The lowest BCUT2D eigenvalue weighted by atomic mass is 10.2. The zero-order valence-corrected chi connectivity index (χ0v) is 12.1. The molecule has 1 aromatic carbocycles. The molecule has 1 amide bonds. The van der Waals surface area contributed by atoms with Crippen LogP contribution >= 0.6 is 0 Å². The van der Waals surface area contributed by atoms with Gasteiger partial charge >= 0.3 is 0 Å². The maximum absolute atomic E-state index is 12.3. The molecule has 4 nitrogen and oxygen atoms in total. The second-order valence-corrected chi connectivity index (χ2v) is 5.47. The molecule has 2 N–H and O–H groups in total. The molecule has 0 bridgehead atoms. The SMILES string of the molecule is C[C@@H](C(=O)Nc1cccc(CO)c1)N1CCCCCC1. The van der Waals surface area contributed by atoms with E-state index in [1.165, 1.54) is 25.7 Å². The summed E-state index contributed by atoms with van der Waals surface area (Å²) in [6.45, 7) is 3.97. The Morgan fingerprint density at radius 1 is 1.30 bits per heavy atom. The average molecular weight is 276 g/mol. The molecular weight excluding hydrogens is 252 g/mol. The van der Waals surface area contributed by atoms with Crippen LogP contribution in [0.15, 0.2) is 24.3 Å². The van der Waals surface area contributed by atoms with Gasteiger partial charge in [0, 0.05) is 5.69 Å². The van der Waals surface area contributed by atoms with Crippen molar-refractivity contribution in [2.24, 2.45) is 0 Å². The van der Waals surface area contributed by atoms with Gasteiger partial charge < -0.3 is 10.4 Å². The number of benzene rings is 1. The number of nitrogens with zero attached hydrogens (tertiary/aromatic N) is 1. The van der Waals surface area contributed by atoms with E-state index in [-0.39, 0.29) is 18.6 Å². The molecule has 1 atom stereocenters. The molecule has 0 saturated carbocycles. The summed E-state index contributed by atoms with van der Waals surface area (Å²) in [5, 5.41) is 12.1. The summed E-state index contributed by atoms with van der Waals surface area (Å²) in [7, 11) is 0. The third kappa shape index (κ3) is 4.05. The van der Waals surface area contributed by atoms with Gasteiger partial charge in [0.15, 0.2) is 0 Å². The highest BCUT2D eigenvalue weighted by atomic mass is 16.3. The highest BCUT2D eigenvalue weighted by molar-refractivity contribution is 5.94. The highest BCUT2D eigenvalue weighted by Gasteiger charge is 2.22. The van der Waals surface area contributed by atoms with Gasteiger partial charge in [-0.3, -0.25) is 9.69 Å². The van der Waals surface area contributed by atoms with Crippen LogP contribution in [0, 0.1) is 0 Å². The fourth-order valence-electron chi connectivity index (χ4n) is 2.64. The maximum atomic E-state index is 12.3. The first-order valence-electron chi connectivity index (χ1n) is 7.45. The van der Waals surface area contributed by atoms with E-state index < -0.39 is 0 Å². The molecular formula is C16H24N2O2. The third-order valence-corrected chi connectivity index (χ3v) is 3.94. The van der Waals surface area contributed by atoms with Crippen LogP contribution in [0.5, 0.6) is 0 Å². The monoisotopic (exact) mass is 276 g/mol. The van der Waals surface area contributed by atoms with Crippen LogP contribution < -0.4 is 5.32 Å². The maximum Gasteiger partial charge on any atom is 0.241 e. The van der Waals surface area contributed by atoms with Crippen molar-refractivity contribution in [2.45, 2.75) is 45.3 Å². The summed E-state index contributed by atoms with van der Waals surface area (Å²) in [5.74, 6) is 0.0296. The van der Waals surface area contributed by atoms with Crippen LogP contribution in [0.3, 0.4) is 0 Å². The number of aliphatic hydroxyl groups excluding tert-OH is 1. The van der Waals surface area contributed by atoms with E-state index in [2.05, 4.69) is 10.2 Å². The van der Waals surface area contributed by atoms with Crippen LogP contribution in [-0.2, 0) is 11.4 Å². The average Bonchev–Trinajstić information content (AvgIpc) is 2.75. The minimum atomic E-state index is -0.106. The summed E-state index contributed by atoms with van der Waals surface area (Å²) in [6, 6.07) is 7.25. The van der Waals surface area contributed by atoms with Crippen LogP contribution in [0.2, 0.25) is 0 Å². The molecule has 0 spiro atoms. The van der Waals surface area contributed by atoms with Crippen LogP contribution in [0.4, 0.5) is 5.69 Å². The van der Waals surface area contributed by atoms with E-state index in [4.69, 9.17) is 5.11 Å². The largest absolute Gasteiger partial charge is 0.392 e. The zero-order chi connectivity index (χ0) is 14.4. The van der Waals surface area contributed by atoms with Gasteiger partial charge in [0.25, 0.3) is 0 Å². The van der Waals surface area contributed by atoms with E-state index in [0.717, 1.165) is 24.3 Å². The fraction of sp³-hybridized carbons (Fsp3) is 0.562. The highest BCUT2D eigenvalue weighted by Crippen LogP contribution is 2.15. The van der Waals surface area contributed by atoms with Crippen molar-refractivity contribution in [3.63, 3.8) is 0 Å². The lowest BCUT2D eigenvalue weighted by Crippen LogP contribution is -2.42. The van der Waals surface area contributed by atoms with Gasteiger partial charge in [0.05, 0.1) is 12.6 Å². The number of anilines is 1. The predicted molar refractivity (Wildman–Crippen MR) is 80.5 cm³/mol.